The van der Waals surface area contributed by atoms with Gasteiger partial charge in [-0.15, -0.1) is 0 Å². The summed E-state index contributed by atoms with van der Waals surface area (Å²) in [6, 6.07) is 5.95. The smallest absolute Gasteiger partial charge is 0.221 e. The molecule has 1 amide bonds. The third kappa shape index (κ3) is 3.78. The van der Waals surface area contributed by atoms with Gasteiger partial charge in [0.2, 0.25) is 5.91 Å². The van der Waals surface area contributed by atoms with E-state index in [2.05, 4.69) is 18.9 Å². The second-order valence-corrected chi connectivity index (χ2v) is 8.31. The summed E-state index contributed by atoms with van der Waals surface area (Å²) < 4.78 is 0. The van der Waals surface area contributed by atoms with Gasteiger partial charge in [0.05, 0.1) is 11.8 Å². The van der Waals surface area contributed by atoms with Crippen LogP contribution < -0.4 is 5.73 Å². The van der Waals surface area contributed by atoms with Crippen LogP contribution in [-0.4, -0.2) is 47.8 Å². The molecule has 28 heavy (non-hydrogen) atoms. The van der Waals surface area contributed by atoms with Gasteiger partial charge in [-0.2, -0.15) is 0 Å². The van der Waals surface area contributed by atoms with Crippen molar-refractivity contribution in [1.29, 1.82) is 0 Å². The molecule has 2 aliphatic rings. The number of carbonyl (C=O) groups is 4. The van der Waals surface area contributed by atoms with E-state index in [0.29, 0.717) is 23.1 Å². The number of Topliss-reactive ketones (excluding diaryl/α,β-unsaturated/α-hetero) is 3. The molecule has 1 saturated heterocycles. The van der Waals surface area contributed by atoms with Crippen LogP contribution in [0.4, 0.5) is 0 Å². The number of likely N-dealkylation sites (tertiary alicyclic amines) is 1. The molecule has 1 heterocycles. The molecule has 0 radical (unpaired) electrons. The van der Waals surface area contributed by atoms with Crippen LogP contribution in [0.3, 0.4) is 0 Å². The number of fused-ring (bicyclic) bond motifs is 1. The van der Waals surface area contributed by atoms with Crippen LogP contribution in [-0.2, 0) is 9.59 Å². The molecule has 2 N–H and O–H groups in total. The molecule has 1 aliphatic heterocycles. The van der Waals surface area contributed by atoms with E-state index < -0.39 is 17.7 Å². The second-order valence-electron chi connectivity index (χ2n) is 8.31. The van der Waals surface area contributed by atoms with E-state index in [4.69, 9.17) is 5.73 Å². The number of nitrogens with two attached hydrogens (primary N) is 1. The molecule has 3 rings (SSSR count). The van der Waals surface area contributed by atoms with Gasteiger partial charge in [-0.25, -0.2) is 0 Å². The van der Waals surface area contributed by atoms with Gasteiger partial charge >= 0.3 is 0 Å². The maximum Gasteiger partial charge on any atom is 0.221 e. The molecule has 0 spiro atoms. The number of nitrogens with zero attached hydrogens (tertiary/aromatic N) is 1. The van der Waals surface area contributed by atoms with Crippen LogP contribution in [0.2, 0.25) is 0 Å². The molecule has 1 fully saturated rings. The number of piperidine rings is 1. The molecule has 0 saturated carbocycles. The Morgan fingerprint density at radius 2 is 1.89 bits per heavy atom. The lowest BCUT2D eigenvalue weighted by atomic mass is 9.83. The Morgan fingerprint density at radius 1 is 1.21 bits per heavy atom. The van der Waals surface area contributed by atoms with E-state index in [0.717, 1.165) is 24.9 Å². The second kappa shape index (κ2) is 7.95. The van der Waals surface area contributed by atoms with Crippen molar-refractivity contribution in [3.05, 3.63) is 34.9 Å². The van der Waals surface area contributed by atoms with Crippen molar-refractivity contribution >= 4 is 23.3 Å². The van der Waals surface area contributed by atoms with Crippen LogP contribution in [0.1, 0.15) is 71.7 Å². The summed E-state index contributed by atoms with van der Waals surface area (Å²) in [5.41, 5.74) is 7.31. The highest BCUT2D eigenvalue weighted by atomic mass is 16.2. The van der Waals surface area contributed by atoms with Crippen LogP contribution in [0.15, 0.2) is 18.2 Å². The Morgan fingerprint density at radius 3 is 2.50 bits per heavy atom. The van der Waals surface area contributed by atoms with Crippen molar-refractivity contribution in [1.82, 2.24) is 4.90 Å². The molecule has 1 aromatic carbocycles. The van der Waals surface area contributed by atoms with Gasteiger partial charge in [0, 0.05) is 23.6 Å². The van der Waals surface area contributed by atoms with Crippen LogP contribution in [0.5, 0.6) is 0 Å². The van der Waals surface area contributed by atoms with Crippen LogP contribution in [0.25, 0.3) is 0 Å². The summed E-state index contributed by atoms with van der Waals surface area (Å²) in [5.74, 6) is -3.18. The van der Waals surface area contributed by atoms with Crippen molar-refractivity contribution in [2.75, 3.05) is 13.6 Å². The van der Waals surface area contributed by atoms with Crippen molar-refractivity contribution in [3.63, 3.8) is 0 Å². The Balaban J connectivity index is 1.87. The maximum atomic E-state index is 13.0. The molecule has 0 aromatic heterocycles. The summed E-state index contributed by atoms with van der Waals surface area (Å²) in [5, 5.41) is 0. The lowest BCUT2D eigenvalue weighted by Crippen LogP contribution is -2.37. The first-order valence-electron chi connectivity index (χ1n) is 9.92. The van der Waals surface area contributed by atoms with E-state index in [-0.39, 0.29) is 30.2 Å². The molecule has 1 aliphatic carbocycles. The van der Waals surface area contributed by atoms with Gasteiger partial charge in [-0.05, 0) is 64.3 Å². The number of benzene rings is 1. The molecule has 150 valence electrons. The van der Waals surface area contributed by atoms with Gasteiger partial charge in [0.1, 0.15) is 5.78 Å². The minimum atomic E-state index is -1.10. The highest BCUT2D eigenvalue weighted by Gasteiger charge is 2.45. The number of hydrogen-bond acceptors (Lipinski definition) is 5. The summed E-state index contributed by atoms with van der Waals surface area (Å²) in [6.45, 7) is 4.60. The first kappa shape index (κ1) is 20.4. The van der Waals surface area contributed by atoms with Gasteiger partial charge in [-0.3, -0.25) is 14.4 Å². The fraction of sp³-hybridized carbons (Fsp3) is 0.545. The molecular formula is C22H28N2O4. The Kier molecular flexibility index (Phi) is 5.79. The highest BCUT2D eigenvalue weighted by Crippen LogP contribution is 2.37. The number of amides is 1. The molecule has 6 nitrogen and oxygen atoms in total. The van der Waals surface area contributed by atoms with Crippen molar-refractivity contribution < 1.29 is 19.2 Å². The van der Waals surface area contributed by atoms with Crippen molar-refractivity contribution in [2.24, 2.45) is 17.6 Å². The predicted molar refractivity (Wildman–Crippen MR) is 105 cm³/mol. The average Bonchev–Trinajstić information content (AvgIpc) is 2.88. The monoisotopic (exact) mass is 384 g/mol. The fourth-order valence-corrected chi connectivity index (χ4v) is 4.48. The lowest BCUT2D eigenvalue weighted by Gasteiger charge is -2.35. The maximum absolute atomic E-state index is 13.0. The molecule has 0 bridgehead atoms. The van der Waals surface area contributed by atoms with E-state index in [1.807, 2.05) is 12.1 Å². The zero-order valence-electron chi connectivity index (χ0n) is 16.7. The number of ketones is 3. The quantitative estimate of drug-likeness (QED) is 0.759. The summed E-state index contributed by atoms with van der Waals surface area (Å²) >= 11 is 0. The van der Waals surface area contributed by atoms with E-state index in [1.165, 1.54) is 6.92 Å². The zero-order chi connectivity index (χ0) is 20.6. The first-order chi connectivity index (χ1) is 13.2. The van der Waals surface area contributed by atoms with Crippen molar-refractivity contribution in [3.8, 4) is 0 Å². The van der Waals surface area contributed by atoms with Crippen LogP contribution in [0, 0.1) is 11.8 Å². The first-order valence-corrected chi connectivity index (χ1v) is 9.92. The Hall–Kier alpha value is -2.34. The molecule has 4 unspecified atom stereocenters. The highest BCUT2D eigenvalue weighted by molar-refractivity contribution is 6.27. The largest absolute Gasteiger partial charge is 0.369 e. The van der Waals surface area contributed by atoms with Gasteiger partial charge in [0.25, 0.3) is 0 Å². The summed E-state index contributed by atoms with van der Waals surface area (Å²) in [7, 11) is 2.11. The van der Waals surface area contributed by atoms with E-state index >= 15 is 0 Å². The van der Waals surface area contributed by atoms with Gasteiger partial charge in [0.15, 0.2) is 11.6 Å². The minimum absolute atomic E-state index is 0.0969. The lowest BCUT2D eigenvalue weighted by molar-refractivity contribution is -0.123. The fourth-order valence-electron chi connectivity index (χ4n) is 4.48. The minimum Gasteiger partial charge on any atom is -0.369 e. The van der Waals surface area contributed by atoms with Gasteiger partial charge in [-0.1, -0.05) is 12.1 Å². The predicted octanol–water partition coefficient (Wildman–Crippen LogP) is 2.35. The Labute approximate surface area is 165 Å². The zero-order valence-corrected chi connectivity index (χ0v) is 16.7. The third-order valence-corrected chi connectivity index (χ3v) is 6.39. The van der Waals surface area contributed by atoms with E-state index in [9.17, 15) is 19.2 Å². The van der Waals surface area contributed by atoms with Crippen molar-refractivity contribution in [2.45, 2.75) is 51.5 Å². The SMILES string of the molecule is CC(=O)CCC(C(N)=O)C1C(=O)c2ccc(C3CCN(C)C(C)C3)cc2C1=O. The summed E-state index contributed by atoms with van der Waals surface area (Å²) in [6.07, 6.45) is 2.26. The molecule has 4 atom stereocenters. The van der Waals surface area contributed by atoms with Crippen LogP contribution >= 0.6 is 0 Å². The number of primary amides is 1. The number of hydrogen-bond donors (Lipinski definition) is 1. The molecule has 1 aromatic rings. The normalized spacial score (nSPS) is 26.2. The van der Waals surface area contributed by atoms with E-state index in [1.54, 1.807) is 6.07 Å². The Bertz CT molecular complexity index is 832. The summed E-state index contributed by atoms with van der Waals surface area (Å²) in [4.78, 5) is 51.4. The van der Waals surface area contributed by atoms with Gasteiger partial charge < -0.3 is 15.4 Å². The third-order valence-electron chi connectivity index (χ3n) is 6.39. The topological polar surface area (TPSA) is 97.5 Å². The number of rotatable bonds is 6. The average molecular weight is 384 g/mol. The molecular weight excluding hydrogens is 356 g/mol. The number of carbonyl (C=O) groups excluding carboxylic acids is 4. The molecule has 6 heteroatoms. The standard InChI is InChI=1S/C22H28N2O4/c1-12-10-15(8-9-24(12)3)14-5-7-16-18(11-14)21(27)19(20(16)26)17(22(23)28)6-4-13(2)25/h5,7,11-12,15,17,19H,4,6,8-10H2,1-3H3,(H2,23,28).